The molecule has 0 aliphatic carbocycles. The van der Waals surface area contributed by atoms with Crippen molar-refractivity contribution < 1.29 is 22.5 Å². The minimum atomic E-state index is -4.45. The van der Waals surface area contributed by atoms with Crippen LogP contribution in [0.5, 0.6) is 0 Å². The Kier molecular flexibility index (Phi) is 4.93. The van der Waals surface area contributed by atoms with Crippen molar-refractivity contribution in [2.24, 2.45) is 0 Å². The van der Waals surface area contributed by atoms with Gasteiger partial charge in [-0.15, -0.1) is 0 Å². The zero-order valence-electron chi connectivity index (χ0n) is 16.2. The minimum absolute atomic E-state index is 0.312. The molecule has 0 amide bonds. The molecule has 0 saturated carbocycles. The predicted molar refractivity (Wildman–Crippen MR) is 98.1 cm³/mol. The van der Waals surface area contributed by atoms with Gasteiger partial charge in [-0.25, -0.2) is 4.98 Å². The highest BCUT2D eigenvalue weighted by Crippen LogP contribution is 2.37. The van der Waals surface area contributed by atoms with E-state index in [0.29, 0.717) is 24.3 Å². The monoisotopic (exact) mass is 380 g/mol. The summed E-state index contributed by atoms with van der Waals surface area (Å²) < 4.78 is 52.3. The lowest BCUT2D eigenvalue weighted by Gasteiger charge is -2.32. The van der Waals surface area contributed by atoms with Gasteiger partial charge in [0.05, 0.1) is 11.2 Å². The molecule has 146 valence electrons. The number of alkyl halides is 3. The van der Waals surface area contributed by atoms with Gasteiger partial charge >= 0.3 is 13.3 Å². The van der Waals surface area contributed by atoms with E-state index in [-0.39, 0.29) is 7.12 Å². The maximum absolute atomic E-state index is 12.9. The average molecular weight is 380 g/mol. The molecule has 1 aromatic carbocycles. The second-order valence-electron chi connectivity index (χ2n) is 7.82. The first-order valence-corrected chi connectivity index (χ1v) is 9.02. The van der Waals surface area contributed by atoms with Crippen LogP contribution < -0.4 is 0 Å². The molecule has 0 spiro atoms. The fourth-order valence-electron chi connectivity index (χ4n) is 3.05. The van der Waals surface area contributed by atoms with E-state index in [1.54, 1.807) is 19.1 Å². The van der Waals surface area contributed by atoms with Crippen molar-refractivity contribution in [3.63, 3.8) is 0 Å². The summed E-state index contributed by atoms with van der Waals surface area (Å²) in [7, 11) is -0.352. The van der Waals surface area contributed by atoms with Crippen LogP contribution in [0.15, 0.2) is 30.5 Å². The highest BCUT2D eigenvalue weighted by Gasteiger charge is 2.50. The molecule has 1 aliphatic rings. The number of hydrogen-bond acceptors (Lipinski definition) is 3. The molecule has 2 aromatic rings. The number of aromatic nitrogens is 2. The van der Waals surface area contributed by atoms with E-state index in [1.807, 2.05) is 39.8 Å². The summed E-state index contributed by atoms with van der Waals surface area (Å²) in [6.07, 6.45) is -2.83. The molecule has 0 radical (unpaired) electrons. The molecule has 0 atom stereocenters. The topological polar surface area (TPSA) is 36.3 Å². The lowest BCUT2D eigenvalue weighted by atomic mass is 9.80. The molecule has 1 aliphatic heterocycles. The van der Waals surface area contributed by atoms with Gasteiger partial charge in [-0.05, 0) is 40.2 Å². The minimum Gasteiger partial charge on any atom is -0.403 e. The van der Waals surface area contributed by atoms with E-state index in [2.05, 4.69) is 4.98 Å². The van der Waals surface area contributed by atoms with Crippen LogP contribution in [0.2, 0.25) is 0 Å². The van der Waals surface area contributed by atoms with E-state index < -0.39 is 23.1 Å². The Morgan fingerprint density at radius 3 is 2.07 bits per heavy atom. The maximum atomic E-state index is 12.9. The Morgan fingerprint density at radius 2 is 1.59 bits per heavy atom. The third-order valence-electron chi connectivity index (χ3n) is 5.32. The Morgan fingerprint density at radius 1 is 1.04 bits per heavy atom. The summed E-state index contributed by atoms with van der Waals surface area (Å²) in [6, 6.07) is 7.33. The molecule has 0 N–H and O–H groups in total. The van der Waals surface area contributed by atoms with Gasteiger partial charge in [0.1, 0.15) is 5.82 Å². The average Bonchev–Trinajstić information content (AvgIpc) is 3.06. The van der Waals surface area contributed by atoms with Crippen LogP contribution >= 0.6 is 0 Å². The second kappa shape index (κ2) is 6.67. The van der Waals surface area contributed by atoms with Crippen LogP contribution in [0.4, 0.5) is 13.2 Å². The summed E-state index contributed by atoms with van der Waals surface area (Å²) in [4.78, 5) is 3.78. The number of imidazole rings is 1. The summed E-state index contributed by atoms with van der Waals surface area (Å²) in [6.45, 7) is 10.2. The second-order valence-corrected chi connectivity index (χ2v) is 7.82. The van der Waals surface area contributed by atoms with Crippen molar-refractivity contribution >= 4 is 7.12 Å². The number of hydrogen-bond donors (Lipinski definition) is 0. The number of halogens is 3. The quantitative estimate of drug-likeness (QED) is 0.718. The molecule has 0 unspecified atom stereocenters. The number of rotatable bonds is 4. The van der Waals surface area contributed by atoms with Crippen molar-refractivity contribution in [1.82, 2.24) is 9.55 Å². The molecule has 27 heavy (non-hydrogen) atoms. The van der Waals surface area contributed by atoms with Gasteiger partial charge < -0.3 is 13.9 Å². The maximum Gasteiger partial charge on any atom is 0.462 e. The molecule has 3 rings (SSSR count). The molecule has 2 heterocycles. The summed E-state index contributed by atoms with van der Waals surface area (Å²) >= 11 is 0. The van der Waals surface area contributed by atoms with Gasteiger partial charge in [-0.3, -0.25) is 0 Å². The van der Waals surface area contributed by atoms with Crippen LogP contribution in [0, 0.1) is 0 Å². The van der Waals surface area contributed by atoms with Crippen molar-refractivity contribution in [3.8, 4) is 11.4 Å². The first-order valence-electron chi connectivity index (χ1n) is 9.02. The first-order chi connectivity index (χ1) is 12.4. The molecule has 0 bridgehead atoms. The summed E-state index contributed by atoms with van der Waals surface area (Å²) in [5, 5.41) is 0. The van der Waals surface area contributed by atoms with Crippen LogP contribution in [0.25, 0.3) is 11.4 Å². The van der Waals surface area contributed by atoms with Gasteiger partial charge in [0, 0.05) is 24.6 Å². The van der Waals surface area contributed by atoms with E-state index in [4.69, 9.17) is 9.31 Å². The highest BCUT2D eigenvalue weighted by atomic mass is 19.4. The Hall–Kier alpha value is -1.80. The van der Waals surface area contributed by atoms with Gasteiger partial charge in [0.2, 0.25) is 0 Å². The molecular weight excluding hydrogens is 356 g/mol. The number of benzene rings is 1. The van der Waals surface area contributed by atoms with E-state index in [1.165, 1.54) is 4.57 Å². The van der Waals surface area contributed by atoms with Crippen LogP contribution in [-0.2, 0) is 28.3 Å². The van der Waals surface area contributed by atoms with Gasteiger partial charge in [0.15, 0.2) is 5.69 Å². The molecule has 1 aromatic heterocycles. The normalized spacial score (nSPS) is 18.9. The SMILES string of the molecule is CCn1cc(C(F)(F)F)nc1-c1ccc(CB2OC(C)(C)C(C)(C)O2)cc1. The number of nitrogens with zero attached hydrogens (tertiary/aromatic N) is 2. The Balaban J connectivity index is 1.78. The smallest absolute Gasteiger partial charge is 0.403 e. The Labute approximate surface area is 157 Å². The molecule has 8 heteroatoms. The molecule has 1 fully saturated rings. The van der Waals surface area contributed by atoms with Crippen LogP contribution in [-0.4, -0.2) is 27.9 Å². The first kappa shape index (κ1) is 20.0. The van der Waals surface area contributed by atoms with Gasteiger partial charge in [-0.1, -0.05) is 24.3 Å². The summed E-state index contributed by atoms with van der Waals surface area (Å²) in [5.41, 5.74) is -0.0249. The summed E-state index contributed by atoms with van der Waals surface area (Å²) in [5.74, 6) is 0.312. The predicted octanol–water partition coefficient (Wildman–Crippen LogP) is 4.76. The highest BCUT2D eigenvalue weighted by molar-refractivity contribution is 6.45. The molecule has 1 saturated heterocycles. The molecular formula is C19H24BF3N2O2. The Bertz CT molecular complexity index is 797. The van der Waals surface area contributed by atoms with Gasteiger partial charge in [0.25, 0.3) is 0 Å². The van der Waals surface area contributed by atoms with Gasteiger partial charge in [-0.2, -0.15) is 13.2 Å². The lowest BCUT2D eigenvalue weighted by Crippen LogP contribution is -2.41. The fourth-order valence-corrected chi connectivity index (χ4v) is 3.05. The zero-order valence-corrected chi connectivity index (χ0v) is 16.2. The largest absolute Gasteiger partial charge is 0.462 e. The fraction of sp³-hybridized carbons (Fsp3) is 0.526. The van der Waals surface area contributed by atoms with Crippen molar-refractivity contribution in [2.45, 2.75) is 64.9 Å². The van der Waals surface area contributed by atoms with Crippen LogP contribution in [0.1, 0.15) is 45.9 Å². The third kappa shape index (κ3) is 3.92. The van der Waals surface area contributed by atoms with E-state index in [0.717, 1.165) is 11.8 Å². The van der Waals surface area contributed by atoms with Crippen molar-refractivity contribution in [3.05, 3.63) is 41.7 Å². The zero-order chi connectivity index (χ0) is 20.0. The third-order valence-corrected chi connectivity index (χ3v) is 5.32. The number of aryl methyl sites for hydroxylation is 1. The van der Waals surface area contributed by atoms with E-state index >= 15 is 0 Å². The molecule has 4 nitrogen and oxygen atoms in total. The lowest BCUT2D eigenvalue weighted by molar-refractivity contribution is -0.140. The van der Waals surface area contributed by atoms with Crippen molar-refractivity contribution in [1.29, 1.82) is 0 Å². The van der Waals surface area contributed by atoms with Crippen molar-refractivity contribution in [2.75, 3.05) is 0 Å². The van der Waals surface area contributed by atoms with Crippen LogP contribution in [0.3, 0.4) is 0 Å². The van der Waals surface area contributed by atoms with E-state index in [9.17, 15) is 13.2 Å². The standard InChI is InChI=1S/C19H24BF3N2O2/c1-6-25-12-15(19(21,22)23)24-16(25)14-9-7-13(8-10-14)11-20-26-17(2,3)18(4,5)27-20/h7-10,12H,6,11H2,1-5H3.